The zero-order chi connectivity index (χ0) is 21.7. The fourth-order valence-corrected chi connectivity index (χ4v) is 5.16. The standard InChI is InChI=1S/C22H34N4O2S2/c1-15(2)14-26(12-6-11-23-21(27)28-22(3,4)5)30-17-9-10-18-19(13-17)29-20(25-18)24-16-7-8-16/h9-10,13,15-16H,6-8,11-12,14H2,1-5H3,(H,23,27)(H,24,25). The van der Waals surface area contributed by atoms with Crippen LogP contribution in [0.2, 0.25) is 0 Å². The SMILES string of the molecule is CC(C)CN(CCCNC(=O)OC(C)(C)C)Sc1ccc2nc(NC3CC3)sc2c1. The van der Waals surface area contributed by atoms with Crippen LogP contribution < -0.4 is 10.6 Å². The van der Waals surface area contributed by atoms with E-state index in [0.717, 1.165) is 30.2 Å². The third kappa shape index (κ3) is 7.96. The maximum absolute atomic E-state index is 11.8. The zero-order valence-electron chi connectivity index (χ0n) is 18.7. The lowest BCUT2D eigenvalue weighted by molar-refractivity contribution is 0.0526. The second-order valence-corrected chi connectivity index (χ2v) is 11.4. The fourth-order valence-electron chi connectivity index (χ4n) is 2.92. The summed E-state index contributed by atoms with van der Waals surface area (Å²) in [6.07, 6.45) is 3.03. The Morgan fingerprint density at radius 2 is 2.13 bits per heavy atom. The summed E-state index contributed by atoms with van der Waals surface area (Å²) in [6.45, 7) is 12.6. The van der Waals surface area contributed by atoms with Gasteiger partial charge in [0.15, 0.2) is 5.13 Å². The van der Waals surface area contributed by atoms with Crippen LogP contribution in [0, 0.1) is 5.92 Å². The van der Waals surface area contributed by atoms with E-state index < -0.39 is 5.60 Å². The number of hydrogen-bond donors (Lipinski definition) is 2. The molecule has 166 valence electrons. The van der Waals surface area contributed by atoms with Gasteiger partial charge in [-0.2, -0.15) is 0 Å². The number of rotatable bonds is 10. The van der Waals surface area contributed by atoms with Crippen LogP contribution in [-0.4, -0.2) is 46.7 Å². The van der Waals surface area contributed by atoms with Crippen molar-refractivity contribution in [3.05, 3.63) is 18.2 Å². The number of carbonyl (C=O) groups excluding carboxylic acids is 1. The van der Waals surface area contributed by atoms with Gasteiger partial charge in [0.2, 0.25) is 0 Å². The average Bonchev–Trinajstić information content (AvgIpc) is 3.33. The van der Waals surface area contributed by atoms with E-state index in [-0.39, 0.29) is 6.09 Å². The van der Waals surface area contributed by atoms with E-state index in [9.17, 15) is 4.79 Å². The van der Waals surface area contributed by atoms with Gasteiger partial charge in [0.25, 0.3) is 0 Å². The Hall–Kier alpha value is -1.51. The van der Waals surface area contributed by atoms with Crippen molar-refractivity contribution in [2.24, 2.45) is 5.92 Å². The van der Waals surface area contributed by atoms with Crippen molar-refractivity contribution in [1.29, 1.82) is 0 Å². The minimum Gasteiger partial charge on any atom is -0.444 e. The number of hydrogen-bond acceptors (Lipinski definition) is 7. The molecule has 6 nitrogen and oxygen atoms in total. The normalized spacial score (nSPS) is 14.5. The van der Waals surface area contributed by atoms with Gasteiger partial charge < -0.3 is 15.4 Å². The highest BCUT2D eigenvalue weighted by molar-refractivity contribution is 7.97. The van der Waals surface area contributed by atoms with Crippen LogP contribution in [0.25, 0.3) is 10.2 Å². The van der Waals surface area contributed by atoms with Gasteiger partial charge in [-0.3, -0.25) is 0 Å². The molecule has 0 atom stereocenters. The molecule has 0 saturated heterocycles. The first-order chi connectivity index (χ1) is 14.2. The van der Waals surface area contributed by atoms with Crippen molar-refractivity contribution < 1.29 is 9.53 Å². The lowest BCUT2D eigenvalue weighted by Gasteiger charge is -2.23. The second kappa shape index (κ2) is 10.2. The molecular formula is C22H34N4O2S2. The van der Waals surface area contributed by atoms with Gasteiger partial charge in [-0.15, -0.1) is 0 Å². The van der Waals surface area contributed by atoms with E-state index in [2.05, 4.69) is 47.0 Å². The number of anilines is 1. The monoisotopic (exact) mass is 450 g/mol. The van der Waals surface area contributed by atoms with Crippen LogP contribution in [0.1, 0.15) is 53.9 Å². The van der Waals surface area contributed by atoms with Crippen molar-refractivity contribution in [1.82, 2.24) is 14.6 Å². The summed E-state index contributed by atoms with van der Waals surface area (Å²) in [5, 5.41) is 7.37. The summed E-state index contributed by atoms with van der Waals surface area (Å²) in [7, 11) is 0. The molecule has 2 N–H and O–H groups in total. The largest absolute Gasteiger partial charge is 0.444 e. The first kappa shape index (κ1) is 23.2. The molecule has 1 saturated carbocycles. The summed E-state index contributed by atoms with van der Waals surface area (Å²) >= 11 is 3.52. The molecule has 1 fully saturated rings. The Morgan fingerprint density at radius 3 is 2.80 bits per heavy atom. The Kier molecular flexibility index (Phi) is 7.87. The number of ether oxygens (including phenoxy) is 1. The van der Waals surface area contributed by atoms with Crippen molar-refractivity contribution >= 4 is 44.7 Å². The Balaban J connectivity index is 1.52. The maximum atomic E-state index is 11.8. The predicted octanol–water partition coefficient (Wildman–Crippen LogP) is 5.75. The molecule has 0 unspecified atom stereocenters. The topological polar surface area (TPSA) is 66.5 Å². The Morgan fingerprint density at radius 1 is 1.37 bits per heavy atom. The lowest BCUT2D eigenvalue weighted by Crippen LogP contribution is -2.34. The third-order valence-corrected chi connectivity index (χ3v) is 6.32. The minimum atomic E-state index is -0.465. The summed E-state index contributed by atoms with van der Waals surface area (Å²) in [6, 6.07) is 7.13. The van der Waals surface area contributed by atoms with Crippen molar-refractivity contribution in [3.63, 3.8) is 0 Å². The molecule has 0 radical (unpaired) electrons. The number of amides is 1. The first-order valence-corrected chi connectivity index (χ1v) is 12.3. The molecule has 0 bridgehead atoms. The van der Waals surface area contributed by atoms with E-state index >= 15 is 0 Å². The van der Waals surface area contributed by atoms with Crippen molar-refractivity contribution in [3.8, 4) is 0 Å². The van der Waals surface area contributed by atoms with Crippen LogP contribution >= 0.6 is 23.3 Å². The molecule has 3 rings (SSSR count). The smallest absolute Gasteiger partial charge is 0.407 e. The number of benzene rings is 1. The van der Waals surface area contributed by atoms with Gasteiger partial charge in [-0.1, -0.05) is 25.2 Å². The van der Waals surface area contributed by atoms with Gasteiger partial charge in [0, 0.05) is 30.6 Å². The minimum absolute atomic E-state index is 0.350. The number of nitrogens with one attached hydrogen (secondary N) is 2. The average molecular weight is 451 g/mol. The molecular weight excluding hydrogens is 416 g/mol. The summed E-state index contributed by atoms with van der Waals surface area (Å²) in [5.41, 5.74) is 0.594. The molecule has 1 aliphatic carbocycles. The third-order valence-electron chi connectivity index (χ3n) is 4.32. The second-order valence-electron chi connectivity index (χ2n) is 9.22. The molecule has 1 amide bonds. The molecule has 30 heavy (non-hydrogen) atoms. The highest BCUT2D eigenvalue weighted by Gasteiger charge is 2.22. The maximum Gasteiger partial charge on any atom is 0.407 e. The molecule has 2 aromatic rings. The summed E-state index contributed by atoms with van der Waals surface area (Å²) in [4.78, 5) is 17.7. The van der Waals surface area contributed by atoms with Crippen molar-refractivity contribution in [2.75, 3.05) is 25.0 Å². The van der Waals surface area contributed by atoms with Crippen LogP contribution in [0.4, 0.5) is 9.93 Å². The number of fused-ring (bicyclic) bond motifs is 1. The van der Waals surface area contributed by atoms with Gasteiger partial charge in [0.1, 0.15) is 5.60 Å². The molecule has 0 aliphatic heterocycles. The molecule has 1 heterocycles. The number of nitrogens with zero attached hydrogens (tertiary/aromatic N) is 2. The van der Waals surface area contributed by atoms with E-state index in [1.54, 1.807) is 23.3 Å². The quantitative estimate of drug-likeness (QED) is 0.355. The number of alkyl carbamates (subject to hydrolysis) is 1. The van der Waals surface area contributed by atoms with E-state index in [0.29, 0.717) is 18.5 Å². The van der Waals surface area contributed by atoms with Crippen molar-refractivity contribution in [2.45, 2.75) is 70.4 Å². The van der Waals surface area contributed by atoms with E-state index in [1.807, 2.05) is 20.8 Å². The van der Waals surface area contributed by atoms with Crippen LogP contribution in [0.3, 0.4) is 0 Å². The Labute approximate surface area is 188 Å². The van der Waals surface area contributed by atoms with Gasteiger partial charge in [-0.05, 0) is 76.1 Å². The predicted molar refractivity (Wildman–Crippen MR) is 127 cm³/mol. The number of aromatic nitrogens is 1. The summed E-state index contributed by atoms with van der Waals surface area (Å²) in [5.74, 6) is 0.567. The number of carbonyl (C=O) groups is 1. The van der Waals surface area contributed by atoms with Gasteiger partial charge >= 0.3 is 6.09 Å². The zero-order valence-corrected chi connectivity index (χ0v) is 20.3. The first-order valence-electron chi connectivity index (χ1n) is 10.7. The van der Waals surface area contributed by atoms with Crippen LogP contribution in [-0.2, 0) is 4.74 Å². The molecule has 0 spiro atoms. The van der Waals surface area contributed by atoms with E-state index in [4.69, 9.17) is 9.72 Å². The van der Waals surface area contributed by atoms with Gasteiger partial charge in [-0.25, -0.2) is 14.1 Å². The summed E-state index contributed by atoms with van der Waals surface area (Å²) < 4.78 is 8.90. The van der Waals surface area contributed by atoms with Crippen LogP contribution in [0.15, 0.2) is 23.1 Å². The fraction of sp³-hybridized carbons (Fsp3) is 0.636. The molecule has 1 aromatic heterocycles. The number of thiazole rings is 1. The van der Waals surface area contributed by atoms with Crippen LogP contribution in [0.5, 0.6) is 0 Å². The molecule has 1 aliphatic rings. The lowest BCUT2D eigenvalue weighted by atomic mass is 10.2. The van der Waals surface area contributed by atoms with Gasteiger partial charge in [0.05, 0.1) is 10.2 Å². The molecule has 1 aromatic carbocycles. The van der Waals surface area contributed by atoms with E-state index in [1.165, 1.54) is 22.4 Å². The molecule has 8 heteroatoms. The Bertz CT molecular complexity index is 843. The highest BCUT2D eigenvalue weighted by Crippen LogP contribution is 2.34. The highest BCUT2D eigenvalue weighted by atomic mass is 32.2.